The van der Waals surface area contributed by atoms with Crippen molar-refractivity contribution >= 4 is 17.5 Å². The van der Waals surface area contributed by atoms with E-state index in [9.17, 15) is 9.90 Å². The van der Waals surface area contributed by atoms with Crippen molar-refractivity contribution in [2.45, 2.75) is 25.4 Å². The van der Waals surface area contributed by atoms with Gasteiger partial charge < -0.3 is 10.4 Å². The van der Waals surface area contributed by atoms with Crippen LogP contribution in [-0.4, -0.2) is 35.5 Å². The van der Waals surface area contributed by atoms with E-state index in [0.29, 0.717) is 11.6 Å². The summed E-state index contributed by atoms with van der Waals surface area (Å²) in [7, 11) is 1.66. The van der Waals surface area contributed by atoms with E-state index in [1.54, 1.807) is 19.2 Å². The Hall–Kier alpha value is -1.26. The number of likely N-dealkylation sites (tertiary alicyclic amines) is 1. The Bertz CT molecular complexity index is 451. The Morgan fingerprint density at radius 2 is 2.39 bits per heavy atom. The lowest BCUT2D eigenvalue weighted by molar-refractivity contribution is -0.125. The SMILES string of the molecule is CNC(=O)C1CCCN1Cc1ccc(O)c(Cl)c1. The van der Waals surface area contributed by atoms with Gasteiger partial charge in [-0.15, -0.1) is 0 Å². The Morgan fingerprint density at radius 1 is 1.61 bits per heavy atom. The van der Waals surface area contributed by atoms with Gasteiger partial charge in [-0.25, -0.2) is 0 Å². The molecule has 1 fully saturated rings. The Labute approximate surface area is 112 Å². The molecule has 4 nitrogen and oxygen atoms in total. The summed E-state index contributed by atoms with van der Waals surface area (Å²) in [6.45, 7) is 1.59. The van der Waals surface area contributed by atoms with Crippen molar-refractivity contribution in [3.05, 3.63) is 28.8 Å². The van der Waals surface area contributed by atoms with Crippen molar-refractivity contribution in [2.24, 2.45) is 0 Å². The zero-order chi connectivity index (χ0) is 13.1. The van der Waals surface area contributed by atoms with Gasteiger partial charge in [0.05, 0.1) is 11.1 Å². The minimum Gasteiger partial charge on any atom is -0.506 e. The van der Waals surface area contributed by atoms with Gasteiger partial charge in [-0.3, -0.25) is 9.69 Å². The lowest BCUT2D eigenvalue weighted by Crippen LogP contribution is -2.41. The molecular formula is C13H17ClN2O2. The molecule has 1 amide bonds. The number of hydrogen-bond acceptors (Lipinski definition) is 3. The number of hydrogen-bond donors (Lipinski definition) is 2. The summed E-state index contributed by atoms with van der Waals surface area (Å²) in [5.74, 6) is 0.155. The maximum absolute atomic E-state index is 11.7. The summed E-state index contributed by atoms with van der Waals surface area (Å²) in [5.41, 5.74) is 1.01. The smallest absolute Gasteiger partial charge is 0.237 e. The van der Waals surface area contributed by atoms with Crippen LogP contribution in [0.2, 0.25) is 5.02 Å². The first-order valence-corrected chi connectivity index (χ1v) is 6.42. The molecule has 0 saturated carbocycles. The second-order valence-electron chi connectivity index (χ2n) is 4.53. The number of carbonyl (C=O) groups is 1. The summed E-state index contributed by atoms with van der Waals surface area (Å²) in [4.78, 5) is 13.9. The van der Waals surface area contributed by atoms with E-state index in [-0.39, 0.29) is 17.7 Å². The molecule has 1 aliphatic heterocycles. The summed E-state index contributed by atoms with van der Waals surface area (Å²) in [6.07, 6.45) is 1.93. The van der Waals surface area contributed by atoms with Crippen LogP contribution in [-0.2, 0) is 11.3 Å². The summed E-state index contributed by atoms with van der Waals surface area (Å²) in [6, 6.07) is 5.11. The van der Waals surface area contributed by atoms with Gasteiger partial charge in [0, 0.05) is 13.6 Å². The standard InChI is InChI=1S/C13H17ClN2O2/c1-15-13(18)11-3-2-6-16(11)8-9-4-5-12(17)10(14)7-9/h4-5,7,11,17H,2-3,6,8H2,1H3,(H,15,18). The molecule has 0 bridgehead atoms. The van der Waals surface area contributed by atoms with Crippen LogP contribution in [0, 0.1) is 0 Å². The normalized spacial score (nSPS) is 20.0. The Kier molecular flexibility index (Phi) is 4.09. The van der Waals surface area contributed by atoms with E-state index in [1.165, 1.54) is 0 Å². The molecule has 5 heteroatoms. The summed E-state index contributed by atoms with van der Waals surface area (Å²) >= 11 is 5.88. The van der Waals surface area contributed by atoms with Crippen molar-refractivity contribution < 1.29 is 9.90 Å². The first kappa shape index (κ1) is 13.2. The van der Waals surface area contributed by atoms with Crippen LogP contribution < -0.4 is 5.32 Å². The second-order valence-corrected chi connectivity index (χ2v) is 4.94. The number of carbonyl (C=O) groups excluding carboxylic acids is 1. The first-order chi connectivity index (χ1) is 8.61. The number of likely N-dealkylation sites (N-methyl/N-ethyl adjacent to an activating group) is 1. The molecule has 1 aromatic carbocycles. The van der Waals surface area contributed by atoms with Gasteiger partial charge in [-0.2, -0.15) is 0 Å². The van der Waals surface area contributed by atoms with Crippen molar-refractivity contribution in [2.75, 3.05) is 13.6 Å². The Balaban J connectivity index is 2.08. The largest absolute Gasteiger partial charge is 0.506 e. The molecule has 1 heterocycles. The number of phenols is 1. The van der Waals surface area contributed by atoms with Gasteiger partial charge in [0.1, 0.15) is 5.75 Å². The minimum atomic E-state index is -0.0532. The van der Waals surface area contributed by atoms with E-state index in [4.69, 9.17) is 11.6 Å². The fourth-order valence-corrected chi connectivity index (χ4v) is 2.57. The van der Waals surface area contributed by atoms with E-state index in [2.05, 4.69) is 10.2 Å². The number of phenolic OH excluding ortho intramolecular Hbond substituents is 1. The molecule has 1 aromatic rings. The zero-order valence-electron chi connectivity index (χ0n) is 10.3. The Morgan fingerprint density at radius 3 is 3.06 bits per heavy atom. The molecule has 2 N–H and O–H groups in total. The van der Waals surface area contributed by atoms with E-state index < -0.39 is 0 Å². The first-order valence-electron chi connectivity index (χ1n) is 6.05. The molecule has 0 aromatic heterocycles. The van der Waals surface area contributed by atoms with E-state index in [0.717, 1.165) is 24.9 Å². The quantitative estimate of drug-likeness (QED) is 0.878. The molecule has 0 spiro atoms. The van der Waals surface area contributed by atoms with Crippen LogP contribution in [0.1, 0.15) is 18.4 Å². The summed E-state index contributed by atoms with van der Waals surface area (Å²) in [5, 5.41) is 12.4. The molecule has 1 atom stereocenters. The molecule has 2 rings (SSSR count). The fourth-order valence-electron chi connectivity index (χ4n) is 2.36. The molecule has 1 aliphatic rings. The minimum absolute atomic E-state index is 0.0532. The average molecular weight is 269 g/mol. The maximum Gasteiger partial charge on any atom is 0.237 e. The molecular weight excluding hydrogens is 252 g/mol. The highest BCUT2D eigenvalue weighted by atomic mass is 35.5. The highest BCUT2D eigenvalue weighted by Gasteiger charge is 2.29. The average Bonchev–Trinajstić information content (AvgIpc) is 2.81. The van der Waals surface area contributed by atoms with Crippen LogP contribution in [0.5, 0.6) is 5.75 Å². The number of benzene rings is 1. The number of rotatable bonds is 3. The molecule has 18 heavy (non-hydrogen) atoms. The lowest BCUT2D eigenvalue weighted by atomic mass is 10.1. The third kappa shape index (κ3) is 2.76. The van der Waals surface area contributed by atoms with Crippen LogP contribution >= 0.6 is 11.6 Å². The molecule has 0 aliphatic carbocycles. The van der Waals surface area contributed by atoms with E-state index >= 15 is 0 Å². The third-order valence-electron chi connectivity index (χ3n) is 3.31. The van der Waals surface area contributed by atoms with Crippen LogP contribution in [0.25, 0.3) is 0 Å². The van der Waals surface area contributed by atoms with Crippen LogP contribution in [0.15, 0.2) is 18.2 Å². The van der Waals surface area contributed by atoms with Gasteiger partial charge in [0.15, 0.2) is 0 Å². The van der Waals surface area contributed by atoms with Gasteiger partial charge in [0.25, 0.3) is 0 Å². The zero-order valence-corrected chi connectivity index (χ0v) is 11.1. The third-order valence-corrected chi connectivity index (χ3v) is 3.61. The van der Waals surface area contributed by atoms with Gasteiger partial charge in [-0.05, 0) is 37.1 Å². The lowest BCUT2D eigenvalue weighted by Gasteiger charge is -2.23. The van der Waals surface area contributed by atoms with Crippen molar-refractivity contribution in [3.63, 3.8) is 0 Å². The van der Waals surface area contributed by atoms with Gasteiger partial charge >= 0.3 is 0 Å². The highest BCUT2D eigenvalue weighted by molar-refractivity contribution is 6.32. The van der Waals surface area contributed by atoms with Crippen LogP contribution in [0.3, 0.4) is 0 Å². The molecule has 1 saturated heterocycles. The van der Waals surface area contributed by atoms with E-state index in [1.807, 2.05) is 6.07 Å². The predicted octanol–water partition coefficient (Wildman–Crippen LogP) is 1.76. The molecule has 98 valence electrons. The number of nitrogens with zero attached hydrogens (tertiary/aromatic N) is 1. The molecule has 1 unspecified atom stereocenters. The highest BCUT2D eigenvalue weighted by Crippen LogP contribution is 2.26. The maximum atomic E-state index is 11.7. The van der Waals surface area contributed by atoms with Crippen molar-refractivity contribution in [1.29, 1.82) is 0 Å². The van der Waals surface area contributed by atoms with Crippen molar-refractivity contribution in [1.82, 2.24) is 10.2 Å². The topological polar surface area (TPSA) is 52.6 Å². The number of nitrogens with one attached hydrogen (secondary N) is 1. The monoisotopic (exact) mass is 268 g/mol. The van der Waals surface area contributed by atoms with Gasteiger partial charge in [0.2, 0.25) is 5.91 Å². The predicted molar refractivity (Wildman–Crippen MR) is 70.6 cm³/mol. The van der Waals surface area contributed by atoms with Crippen molar-refractivity contribution in [3.8, 4) is 5.75 Å². The number of halogens is 1. The van der Waals surface area contributed by atoms with Gasteiger partial charge in [-0.1, -0.05) is 17.7 Å². The fraction of sp³-hybridized carbons (Fsp3) is 0.462. The second kappa shape index (κ2) is 5.59. The molecule has 0 radical (unpaired) electrons. The number of amides is 1. The van der Waals surface area contributed by atoms with Crippen LogP contribution in [0.4, 0.5) is 0 Å². The number of aromatic hydroxyl groups is 1. The summed E-state index contributed by atoms with van der Waals surface area (Å²) < 4.78 is 0.